The highest BCUT2D eigenvalue weighted by atomic mass is 19.1. The summed E-state index contributed by atoms with van der Waals surface area (Å²) >= 11 is 0. The van der Waals surface area contributed by atoms with Crippen LogP contribution in [0.15, 0.2) is 35.7 Å². The zero-order chi connectivity index (χ0) is 26.5. The molecule has 0 aromatic heterocycles. The van der Waals surface area contributed by atoms with Crippen LogP contribution in [-0.4, -0.2) is 34.6 Å². The molecule has 37 heavy (non-hydrogen) atoms. The first-order chi connectivity index (χ1) is 17.6. The molecule has 10 atom stereocenters. The van der Waals surface area contributed by atoms with Crippen molar-refractivity contribution in [3.8, 4) is 5.75 Å². The summed E-state index contributed by atoms with van der Waals surface area (Å²) in [5, 5.41) is 31.8. The van der Waals surface area contributed by atoms with Gasteiger partial charge in [0.2, 0.25) is 0 Å². The van der Waals surface area contributed by atoms with Crippen LogP contribution in [0.5, 0.6) is 5.75 Å². The Morgan fingerprint density at radius 3 is 2.51 bits per heavy atom. The molecule has 0 aliphatic heterocycles. The van der Waals surface area contributed by atoms with Crippen LogP contribution in [-0.2, 0) is 0 Å². The molecule has 3 fully saturated rings. The van der Waals surface area contributed by atoms with Gasteiger partial charge in [-0.15, -0.1) is 0 Å². The summed E-state index contributed by atoms with van der Waals surface area (Å²) in [4.78, 5) is 0. The van der Waals surface area contributed by atoms with Gasteiger partial charge in [-0.2, -0.15) is 0 Å². The monoisotopic (exact) mass is 514 g/mol. The minimum absolute atomic E-state index is 0.0197. The maximum Gasteiger partial charge on any atom is 0.119 e. The van der Waals surface area contributed by atoms with Gasteiger partial charge in [0.1, 0.15) is 11.6 Å². The van der Waals surface area contributed by atoms with Gasteiger partial charge in [0.25, 0.3) is 0 Å². The summed E-state index contributed by atoms with van der Waals surface area (Å²) < 4.78 is 21.2. The summed E-state index contributed by atoms with van der Waals surface area (Å²) in [6.45, 7) is 7.04. The lowest BCUT2D eigenvalue weighted by atomic mass is 9.47. The third-order valence-corrected chi connectivity index (χ3v) is 11.6. The molecular formula is C32H47FO4. The normalized spacial score (nSPS) is 41.0. The van der Waals surface area contributed by atoms with Crippen molar-refractivity contribution in [3.05, 3.63) is 41.2 Å². The van der Waals surface area contributed by atoms with Crippen molar-refractivity contribution in [2.45, 2.75) is 103 Å². The van der Waals surface area contributed by atoms with Crippen molar-refractivity contribution in [1.82, 2.24) is 0 Å². The fraction of sp³-hybridized carbons (Fsp3) is 0.750. The summed E-state index contributed by atoms with van der Waals surface area (Å²) in [5.41, 5.74) is 1.99. The molecule has 4 nitrogen and oxygen atoms in total. The molecule has 0 bridgehead atoms. The minimum atomic E-state index is -0.817. The lowest BCUT2D eigenvalue weighted by Crippen LogP contribution is -2.55. The Kier molecular flexibility index (Phi) is 7.54. The number of methoxy groups -OCH3 is 1. The molecule has 3 N–H and O–H groups in total. The van der Waals surface area contributed by atoms with Gasteiger partial charge in [0.15, 0.2) is 0 Å². The van der Waals surface area contributed by atoms with Gasteiger partial charge in [-0.05, 0) is 109 Å². The molecule has 5 rings (SSSR count). The third kappa shape index (κ3) is 4.57. The molecule has 206 valence electrons. The van der Waals surface area contributed by atoms with Crippen LogP contribution in [0.3, 0.4) is 0 Å². The van der Waals surface area contributed by atoms with Crippen LogP contribution in [0.2, 0.25) is 0 Å². The van der Waals surface area contributed by atoms with E-state index >= 15 is 4.39 Å². The molecule has 5 heteroatoms. The van der Waals surface area contributed by atoms with Crippen molar-refractivity contribution >= 4 is 0 Å². The van der Waals surface area contributed by atoms with Gasteiger partial charge < -0.3 is 20.1 Å². The van der Waals surface area contributed by atoms with Gasteiger partial charge >= 0.3 is 0 Å². The number of allylic oxidation sites excluding steroid dienone is 2. The van der Waals surface area contributed by atoms with Gasteiger partial charge in [0, 0.05) is 6.42 Å². The molecule has 0 radical (unpaired) electrons. The van der Waals surface area contributed by atoms with Gasteiger partial charge in [-0.1, -0.05) is 45.7 Å². The first-order valence-electron chi connectivity index (χ1n) is 14.7. The molecule has 0 spiro atoms. The number of aliphatic hydroxyl groups excluding tert-OH is 3. The molecule has 0 saturated heterocycles. The number of rotatable bonds is 7. The van der Waals surface area contributed by atoms with Crippen molar-refractivity contribution in [3.63, 3.8) is 0 Å². The van der Waals surface area contributed by atoms with Crippen LogP contribution in [0, 0.1) is 40.4 Å². The SMILES string of the molecule is COc1cccc(C(O)CCC[C@@H](C)[C@H]2CC[C@H]3C4=C(F)C[C@H]5[C@@H](O)[C@@H](O)CC[C@]5(C)[C@H]4CC[C@]23C)c1. The fourth-order valence-electron chi connectivity index (χ4n) is 9.41. The summed E-state index contributed by atoms with van der Waals surface area (Å²) in [6.07, 6.45) is 6.83. The number of aliphatic hydroxyl groups is 3. The molecule has 0 amide bonds. The first kappa shape index (κ1) is 27.1. The van der Waals surface area contributed by atoms with Crippen LogP contribution in [0.25, 0.3) is 0 Å². The number of halogens is 1. The predicted molar refractivity (Wildman–Crippen MR) is 144 cm³/mol. The highest BCUT2D eigenvalue weighted by Gasteiger charge is 2.61. The fourth-order valence-corrected chi connectivity index (χ4v) is 9.41. The maximum atomic E-state index is 15.9. The predicted octanol–water partition coefficient (Wildman–Crippen LogP) is 6.74. The molecule has 1 unspecified atom stereocenters. The largest absolute Gasteiger partial charge is 0.497 e. The summed E-state index contributed by atoms with van der Waals surface area (Å²) in [5.74, 6) is 2.20. The first-order valence-corrected chi connectivity index (χ1v) is 14.7. The number of hydrogen-bond donors (Lipinski definition) is 3. The molecular weight excluding hydrogens is 467 g/mol. The van der Waals surface area contributed by atoms with Crippen molar-refractivity contribution < 1.29 is 24.4 Å². The quantitative estimate of drug-likeness (QED) is 0.377. The van der Waals surface area contributed by atoms with E-state index in [0.29, 0.717) is 24.2 Å². The zero-order valence-corrected chi connectivity index (χ0v) is 23.1. The van der Waals surface area contributed by atoms with E-state index in [1.807, 2.05) is 24.3 Å². The van der Waals surface area contributed by atoms with Crippen LogP contribution in [0.4, 0.5) is 4.39 Å². The van der Waals surface area contributed by atoms with E-state index in [9.17, 15) is 15.3 Å². The molecule has 3 saturated carbocycles. The van der Waals surface area contributed by atoms with Gasteiger partial charge in [-0.3, -0.25) is 0 Å². The van der Waals surface area contributed by atoms with Gasteiger partial charge in [0.05, 0.1) is 25.4 Å². The number of benzene rings is 1. The molecule has 4 aliphatic carbocycles. The van der Waals surface area contributed by atoms with Crippen molar-refractivity contribution in [2.24, 2.45) is 40.4 Å². The van der Waals surface area contributed by atoms with E-state index in [-0.39, 0.29) is 34.9 Å². The summed E-state index contributed by atoms with van der Waals surface area (Å²) in [7, 11) is 1.65. The summed E-state index contributed by atoms with van der Waals surface area (Å²) in [6, 6.07) is 7.70. The molecule has 1 aromatic carbocycles. The van der Waals surface area contributed by atoms with Crippen LogP contribution < -0.4 is 4.74 Å². The highest BCUT2D eigenvalue weighted by molar-refractivity contribution is 5.31. The van der Waals surface area contributed by atoms with Crippen molar-refractivity contribution in [2.75, 3.05) is 7.11 Å². The second-order valence-corrected chi connectivity index (χ2v) is 13.3. The number of hydrogen-bond acceptors (Lipinski definition) is 4. The Labute approximate surface area is 222 Å². The standard InChI is InChI=1S/C32H47FO4/c1-19(7-5-10-27(34)20-8-6-9-21(17-20)37-4)22-11-12-23-29-24(13-15-31(22,23)2)32(3)16-14-28(35)30(36)25(32)18-26(29)33/h6,8-9,17,19,22-25,27-28,30,34-36H,5,7,10-16,18H2,1-4H3/t19-,22-,23+,24+,25+,27?,28+,30-,31-,32-/m1/s1. The van der Waals surface area contributed by atoms with E-state index in [2.05, 4.69) is 20.8 Å². The number of ether oxygens (including phenoxy) is 1. The number of fused-ring (bicyclic) bond motifs is 5. The second kappa shape index (κ2) is 10.3. The minimum Gasteiger partial charge on any atom is -0.497 e. The van der Waals surface area contributed by atoms with E-state index < -0.39 is 18.3 Å². The Bertz CT molecular complexity index is 1010. The molecule has 1 aromatic rings. The van der Waals surface area contributed by atoms with E-state index in [0.717, 1.165) is 68.3 Å². The van der Waals surface area contributed by atoms with Crippen molar-refractivity contribution in [1.29, 1.82) is 0 Å². The van der Waals surface area contributed by atoms with E-state index in [1.54, 1.807) is 7.11 Å². The Balaban J connectivity index is 1.26. The van der Waals surface area contributed by atoms with Gasteiger partial charge in [-0.25, -0.2) is 4.39 Å². The van der Waals surface area contributed by atoms with E-state index in [1.165, 1.54) is 0 Å². The smallest absolute Gasteiger partial charge is 0.119 e. The lowest BCUT2D eigenvalue weighted by molar-refractivity contribution is -0.128. The molecule has 4 aliphatic rings. The third-order valence-electron chi connectivity index (χ3n) is 11.6. The molecule has 0 heterocycles. The van der Waals surface area contributed by atoms with Crippen LogP contribution in [0.1, 0.15) is 96.6 Å². The zero-order valence-electron chi connectivity index (χ0n) is 23.1. The lowest BCUT2D eigenvalue weighted by Gasteiger charge is -2.59. The van der Waals surface area contributed by atoms with E-state index in [4.69, 9.17) is 4.74 Å². The average molecular weight is 515 g/mol. The topological polar surface area (TPSA) is 69.9 Å². The van der Waals surface area contributed by atoms with Crippen LogP contribution >= 0.6 is 0 Å². The highest BCUT2D eigenvalue weighted by Crippen LogP contribution is 2.68. The Morgan fingerprint density at radius 2 is 1.76 bits per heavy atom. The average Bonchev–Trinajstić information content (AvgIpc) is 3.25. The maximum absolute atomic E-state index is 15.9. The Hall–Kier alpha value is -1.43. The second-order valence-electron chi connectivity index (χ2n) is 13.3. The Morgan fingerprint density at radius 1 is 1.03 bits per heavy atom.